The summed E-state index contributed by atoms with van der Waals surface area (Å²) in [5.41, 5.74) is 0. The van der Waals surface area contributed by atoms with E-state index < -0.39 is 26.6 Å². The number of carbonyl (C=O) groups excluding carboxylic acids is 2. The zero-order valence-corrected chi connectivity index (χ0v) is 22.2. The fourth-order valence-electron chi connectivity index (χ4n) is 5.10. The van der Waals surface area contributed by atoms with E-state index in [9.17, 15) is 23.2 Å². The molecular formula is C25H33ClN4O5S. The molecule has 1 unspecified atom stereocenters. The first-order chi connectivity index (χ1) is 16.9. The van der Waals surface area contributed by atoms with Gasteiger partial charge in [-0.15, -0.1) is 0 Å². The van der Waals surface area contributed by atoms with Crippen molar-refractivity contribution >= 4 is 44.2 Å². The van der Waals surface area contributed by atoms with Crippen molar-refractivity contribution in [2.75, 3.05) is 40.3 Å². The second kappa shape index (κ2) is 10.6. The number of amides is 2. The Morgan fingerprint density at radius 1 is 1.08 bits per heavy atom. The molecule has 1 N–H and O–H groups in total. The number of benzene rings is 2. The maximum Gasteiger partial charge on any atom is 0.242 e. The van der Waals surface area contributed by atoms with Gasteiger partial charge in [0, 0.05) is 18.1 Å². The summed E-state index contributed by atoms with van der Waals surface area (Å²) in [6.07, 6.45) is 3.53. The van der Waals surface area contributed by atoms with Crippen molar-refractivity contribution in [2.45, 2.75) is 49.1 Å². The molecule has 0 saturated carbocycles. The molecule has 0 aromatic heterocycles. The van der Waals surface area contributed by atoms with Crippen LogP contribution in [0.3, 0.4) is 0 Å². The van der Waals surface area contributed by atoms with E-state index in [2.05, 4.69) is 4.72 Å². The number of quaternary nitrogens is 1. The van der Waals surface area contributed by atoms with Crippen molar-refractivity contribution in [2.24, 2.45) is 0 Å². The number of hydrogen-bond donors (Lipinski definition) is 1. The van der Waals surface area contributed by atoms with Gasteiger partial charge in [-0.05, 0) is 67.1 Å². The Hall–Kier alpha value is -2.24. The first kappa shape index (κ1) is 26.8. The predicted octanol–water partition coefficient (Wildman–Crippen LogP) is 2.72. The van der Waals surface area contributed by atoms with Crippen LogP contribution in [0.1, 0.15) is 32.1 Å². The number of likely N-dealkylation sites (tertiary alicyclic amines) is 2. The van der Waals surface area contributed by atoms with Crippen LogP contribution in [0.5, 0.6) is 0 Å². The molecule has 9 nitrogen and oxygen atoms in total. The molecule has 4 rings (SSSR count). The molecule has 0 radical (unpaired) electrons. The fourth-order valence-corrected chi connectivity index (χ4v) is 6.54. The molecular weight excluding hydrogens is 504 g/mol. The Balaban J connectivity index is 1.44. The van der Waals surface area contributed by atoms with E-state index in [4.69, 9.17) is 11.6 Å². The number of hydrogen-bond acceptors (Lipinski definition) is 5. The highest BCUT2D eigenvalue weighted by Gasteiger charge is 2.36. The van der Waals surface area contributed by atoms with Crippen molar-refractivity contribution in [1.82, 2.24) is 14.5 Å². The summed E-state index contributed by atoms with van der Waals surface area (Å²) in [6.45, 7) is 1.15. The quantitative estimate of drug-likeness (QED) is 0.432. The fraction of sp³-hybridized carbons (Fsp3) is 0.520. The van der Waals surface area contributed by atoms with Crippen LogP contribution < -0.4 is 4.72 Å². The molecule has 2 aromatic carbocycles. The third kappa shape index (κ3) is 6.36. The zero-order chi connectivity index (χ0) is 26.1. The monoisotopic (exact) mass is 536 g/mol. The lowest BCUT2D eigenvalue weighted by Gasteiger charge is -2.43. The van der Waals surface area contributed by atoms with Gasteiger partial charge < -0.3 is 19.7 Å². The number of piperidine rings is 2. The molecule has 0 bridgehead atoms. The van der Waals surface area contributed by atoms with Gasteiger partial charge in [-0.25, -0.2) is 8.42 Å². The minimum absolute atomic E-state index is 0.0628. The van der Waals surface area contributed by atoms with Gasteiger partial charge >= 0.3 is 0 Å². The van der Waals surface area contributed by atoms with Crippen LogP contribution >= 0.6 is 11.6 Å². The maximum atomic E-state index is 13.2. The summed E-state index contributed by atoms with van der Waals surface area (Å²) in [7, 11) is -0.834. The van der Waals surface area contributed by atoms with Crippen LogP contribution in [0.2, 0.25) is 5.02 Å². The van der Waals surface area contributed by atoms with Gasteiger partial charge in [-0.2, -0.15) is 4.72 Å². The predicted molar refractivity (Wildman–Crippen MR) is 139 cm³/mol. The third-order valence-corrected chi connectivity index (χ3v) is 8.54. The minimum Gasteiger partial charge on any atom is -0.633 e. The number of carbonyl (C=O) groups is 2. The van der Waals surface area contributed by atoms with Gasteiger partial charge in [0.25, 0.3) is 0 Å². The van der Waals surface area contributed by atoms with E-state index >= 15 is 0 Å². The minimum atomic E-state index is -3.96. The van der Waals surface area contributed by atoms with Crippen LogP contribution in [0.15, 0.2) is 41.3 Å². The molecule has 0 spiro atoms. The molecule has 2 aliphatic heterocycles. The summed E-state index contributed by atoms with van der Waals surface area (Å²) in [5, 5.41) is 14.3. The van der Waals surface area contributed by atoms with E-state index in [1.54, 1.807) is 49.3 Å². The Kier molecular flexibility index (Phi) is 7.92. The van der Waals surface area contributed by atoms with Crippen LogP contribution in [0, 0.1) is 5.21 Å². The second-order valence-corrected chi connectivity index (χ2v) is 12.4. The first-order valence-corrected chi connectivity index (χ1v) is 14.1. The summed E-state index contributed by atoms with van der Waals surface area (Å²) in [4.78, 5) is 29.5. The molecule has 2 fully saturated rings. The van der Waals surface area contributed by atoms with Gasteiger partial charge in [0.05, 0.1) is 38.1 Å². The SMILES string of the molecule is C[N+](C)([O-])CC1CCCCN1C(=O)CN1CCC[C@H](NS(=O)(=O)c2ccc3cc(Cl)ccc3c2)C1=O. The van der Waals surface area contributed by atoms with E-state index in [0.717, 1.165) is 30.0 Å². The number of halogens is 1. The third-order valence-electron chi connectivity index (χ3n) is 6.84. The van der Waals surface area contributed by atoms with Crippen LogP contribution in [0.4, 0.5) is 0 Å². The lowest BCUT2D eigenvalue weighted by molar-refractivity contribution is -0.842. The summed E-state index contributed by atoms with van der Waals surface area (Å²) in [5.74, 6) is -0.600. The number of nitrogens with one attached hydrogen (secondary N) is 1. The Bertz CT molecular complexity index is 1250. The molecule has 0 aliphatic carbocycles. The van der Waals surface area contributed by atoms with Gasteiger partial charge in [-0.1, -0.05) is 23.7 Å². The molecule has 196 valence electrons. The molecule has 36 heavy (non-hydrogen) atoms. The Morgan fingerprint density at radius 2 is 1.81 bits per heavy atom. The van der Waals surface area contributed by atoms with Crippen LogP contribution in [-0.4, -0.2) is 87.0 Å². The molecule has 2 atom stereocenters. The molecule has 2 saturated heterocycles. The molecule has 11 heteroatoms. The molecule has 2 aliphatic rings. The topological polar surface area (TPSA) is 110 Å². The van der Waals surface area contributed by atoms with Crippen molar-refractivity contribution in [1.29, 1.82) is 0 Å². The highest BCUT2D eigenvalue weighted by molar-refractivity contribution is 7.89. The van der Waals surface area contributed by atoms with Crippen LogP contribution in [0.25, 0.3) is 10.8 Å². The van der Waals surface area contributed by atoms with E-state index in [-0.39, 0.29) is 23.4 Å². The van der Waals surface area contributed by atoms with Crippen molar-refractivity contribution in [3.63, 3.8) is 0 Å². The van der Waals surface area contributed by atoms with E-state index in [1.165, 1.54) is 11.0 Å². The maximum absolute atomic E-state index is 13.2. The average molecular weight is 537 g/mol. The number of fused-ring (bicyclic) bond motifs is 1. The number of likely N-dealkylation sites (N-methyl/N-ethyl adjacent to an activating group) is 1. The Labute approximate surface area is 217 Å². The number of hydroxylamine groups is 3. The largest absolute Gasteiger partial charge is 0.633 e. The van der Waals surface area contributed by atoms with E-state index in [0.29, 0.717) is 37.5 Å². The zero-order valence-electron chi connectivity index (χ0n) is 20.7. The highest BCUT2D eigenvalue weighted by atomic mass is 35.5. The molecule has 2 aromatic rings. The van der Waals surface area contributed by atoms with Gasteiger partial charge in [-0.3, -0.25) is 9.59 Å². The second-order valence-electron chi connectivity index (χ2n) is 10.2. The highest BCUT2D eigenvalue weighted by Crippen LogP contribution is 2.24. The lowest BCUT2D eigenvalue weighted by Crippen LogP contribution is -2.57. The van der Waals surface area contributed by atoms with Crippen LogP contribution in [-0.2, 0) is 19.6 Å². The number of rotatable bonds is 7. The number of nitrogens with zero attached hydrogens (tertiary/aromatic N) is 3. The Morgan fingerprint density at radius 3 is 2.56 bits per heavy atom. The van der Waals surface area contributed by atoms with Gasteiger partial charge in [0.15, 0.2) is 0 Å². The molecule has 2 amide bonds. The first-order valence-electron chi connectivity index (χ1n) is 12.3. The average Bonchev–Trinajstić information content (AvgIpc) is 2.80. The van der Waals surface area contributed by atoms with Crippen molar-refractivity contribution < 1.29 is 22.7 Å². The summed E-state index contributed by atoms with van der Waals surface area (Å²) in [6, 6.07) is 8.82. The summed E-state index contributed by atoms with van der Waals surface area (Å²) < 4.78 is 28.3. The van der Waals surface area contributed by atoms with Gasteiger partial charge in [0.1, 0.15) is 6.04 Å². The van der Waals surface area contributed by atoms with Crippen molar-refractivity contribution in [3.8, 4) is 0 Å². The van der Waals surface area contributed by atoms with Gasteiger partial charge in [0.2, 0.25) is 21.8 Å². The van der Waals surface area contributed by atoms with E-state index in [1.807, 2.05) is 0 Å². The standard InChI is InChI=1S/C25H33ClN4O5S/c1-30(2,33)17-21-6-3-4-13-29(21)24(31)16-28-12-5-7-23(25(28)32)27-36(34,35)22-11-9-18-14-20(26)10-8-19(18)15-22/h8-11,14-15,21,23,27H,3-7,12-13,16-17H2,1-2H3/t21?,23-/m0/s1. The normalized spacial score (nSPS) is 21.7. The lowest BCUT2D eigenvalue weighted by atomic mass is 10.0. The smallest absolute Gasteiger partial charge is 0.242 e. The number of sulfonamides is 1. The molecule has 2 heterocycles. The van der Waals surface area contributed by atoms with Crippen molar-refractivity contribution in [3.05, 3.63) is 46.6 Å². The summed E-state index contributed by atoms with van der Waals surface area (Å²) >= 11 is 6.01.